The average molecular weight is 310 g/mol. The Hall–Kier alpha value is -2.14. The van der Waals surface area contributed by atoms with Crippen LogP contribution in [0.1, 0.15) is 22.5 Å². The Morgan fingerprint density at radius 3 is 2.50 bits per heavy atom. The molecule has 5 heteroatoms. The minimum Gasteiger partial charge on any atom is -0.218 e. The smallest absolute Gasteiger partial charge is 0.175 e. The molecule has 4 nitrogen and oxygen atoms in total. The molecule has 0 fully saturated rings. The number of aryl methyl sites for hydroxylation is 3. The van der Waals surface area contributed by atoms with Gasteiger partial charge in [-0.05, 0) is 44.5 Å². The molecule has 0 aliphatic heterocycles. The predicted octanol–water partition coefficient (Wildman–Crippen LogP) is 3.88. The molecule has 1 aromatic carbocycles. The van der Waals surface area contributed by atoms with Crippen molar-refractivity contribution in [2.45, 2.75) is 31.6 Å². The minimum atomic E-state index is 0.755. The molecule has 0 saturated carbocycles. The van der Waals surface area contributed by atoms with E-state index in [0.717, 1.165) is 28.0 Å². The molecule has 0 radical (unpaired) electrons. The van der Waals surface area contributed by atoms with E-state index < -0.39 is 0 Å². The van der Waals surface area contributed by atoms with Gasteiger partial charge >= 0.3 is 0 Å². The molecule has 0 spiro atoms. The van der Waals surface area contributed by atoms with Gasteiger partial charge in [0.05, 0.1) is 5.69 Å². The lowest BCUT2D eigenvalue weighted by Crippen LogP contribution is -2.03. The summed E-state index contributed by atoms with van der Waals surface area (Å²) in [6, 6.07) is 14.5. The van der Waals surface area contributed by atoms with Gasteiger partial charge in [0.1, 0.15) is 5.03 Å². The first kappa shape index (κ1) is 14.8. The van der Waals surface area contributed by atoms with Crippen LogP contribution in [0.15, 0.2) is 47.5 Å². The number of benzene rings is 1. The molecule has 2 heterocycles. The Balaban J connectivity index is 1.70. The van der Waals surface area contributed by atoms with Crippen molar-refractivity contribution in [2.75, 3.05) is 0 Å². The Morgan fingerprint density at radius 1 is 1.00 bits per heavy atom. The average Bonchev–Trinajstić information content (AvgIpc) is 2.84. The number of aromatic nitrogens is 4. The maximum absolute atomic E-state index is 4.42. The highest BCUT2D eigenvalue weighted by Crippen LogP contribution is 2.21. The van der Waals surface area contributed by atoms with Gasteiger partial charge in [0, 0.05) is 11.4 Å². The molecule has 112 valence electrons. The second kappa shape index (κ2) is 6.32. The molecule has 0 bridgehead atoms. The quantitative estimate of drug-likeness (QED) is 0.686. The van der Waals surface area contributed by atoms with E-state index in [2.05, 4.69) is 46.5 Å². The van der Waals surface area contributed by atoms with Gasteiger partial charge in [-0.15, -0.1) is 10.2 Å². The zero-order chi connectivity index (χ0) is 15.5. The van der Waals surface area contributed by atoms with Crippen LogP contribution in [0.25, 0.3) is 5.82 Å². The summed E-state index contributed by atoms with van der Waals surface area (Å²) in [6.45, 7) is 6.10. The second-order valence-electron chi connectivity index (χ2n) is 5.35. The third kappa shape index (κ3) is 3.36. The molecule has 22 heavy (non-hydrogen) atoms. The van der Waals surface area contributed by atoms with Crippen LogP contribution in [-0.4, -0.2) is 20.0 Å². The summed E-state index contributed by atoms with van der Waals surface area (Å²) in [7, 11) is 0. The lowest BCUT2D eigenvalue weighted by atomic mass is 10.2. The summed E-state index contributed by atoms with van der Waals surface area (Å²) >= 11 is 1.69. The van der Waals surface area contributed by atoms with E-state index in [-0.39, 0.29) is 0 Å². The summed E-state index contributed by atoms with van der Waals surface area (Å²) in [5.74, 6) is 1.65. The number of hydrogen-bond donors (Lipinski definition) is 0. The van der Waals surface area contributed by atoms with E-state index in [1.54, 1.807) is 11.8 Å². The van der Waals surface area contributed by atoms with Crippen LogP contribution in [-0.2, 0) is 5.75 Å². The van der Waals surface area contributed by atoms with Crippen LogP contribution in [0.5, 0.6) is 0 Å². The van der Waals surface area contributed by atoms with E-state index >= 15 is 0 Å². The van der Waals surface area contributed by atoms with E-state index in [9.17, 15) is 0 Å². The van der Waals surface area contributed by atoms with Crippen LogP contribution < -0.4 is 0 Å². The molecule has 2 aromatic heterocycles. The Morgan fingerprint density at radius 2 is 1.86 bits per heavy atom. The molecular weight excluding hydrogens is 292 g/mol. The van der Waals surface area contributed by atoms with Crippen LogP contribution in [0.3, 0.4) is 0 Å². The first-order chi connectivity index (χ1) is 10.6. The summed E-state index contributed by atoms with van der Waals surface area (Å²) < 4.78 is 1.82. The first-order valence-electron chi connectivity index (χ1n) is 7.17. The van der Waals surface area contributed by atoms with Crippen molar-refractivity contribution in [3.05, 3.63) is 65.0 Å². The van der Waals surface area contributed by atoms with Crippen molar-refractivity contribution in [3.8, 4) is 5.82 Å². The first-order valence-corrected chi connectivity index (χ1v) is 8.16. The summed E-state index contributed by atoms with van der Waals surface area (Å²) in [4.78, 5) is 0. The van der Waals surface area contributed by atoms with E-state index in [0.29, 0.717) is 0 Å². The van der Waals surface area contributed by atoms with Crippen LogP contribution in [0, 0.1) is 20.8 Å². The SMILES string of the molecule is Cc1cccc(CSc2ccc(-n3nc(C)cc3C)nn2)c1. The minimum absolute atomic E-state index is 0.755. The van der Waals surface area contributed by atoms with Crippen molar-refractivity contribution >= 4 is 11.8 Å². The van der Waals surface area contributed by atoms with Gasteiger partial charge in [-0.25, -0.2) is 4.68 Å². The summed E-state index contributed by atoms with van der Waals surface area (Å²) in [5, 5.41) is 13.9. The molecule has 0 saturated heterocycles. The number of rotatable bonds is 4. The molecule has 3 aromatic rings. The van der Waals surface area contributed by atoms with Crippen LogP contribution >= 0.6 is 11.8 Å². The van der Waals surface area contributed by atoms with E-state index in [1.165, 1.54) is 11.1 Å². The third-order valence-corrected chi connectivity index (χ3v) is 4.31. The van der Waals surface area contributed by atoms with E-state index in [1.807, 2.05) is 36.7 Å². The topological polar surface area (TPSA) is 43.6 Å². The number of nitrogens with zero attached hydrogens (tertiary/aromatic N) is 4. The molecule has 0 aliphatic carbocycles. The van der Waals surface area contributed by atoms with Gasteiger partial charge in [-0.3, -0.25) is 0 Å². The Labute approximate surface area is 134 Å². The van der Waals surface area contributed by atoms with Crippen LogP contribution in [0.4, 0.5) is 0 Å². The molecule has 0 unspecified atom stereocenters. The van der Waals surface area contributed by atoms with Gasteiger partial charge in [-0.2, -0.15) is 5.10 Å². The highest BCUT2D eigenvalue weighted by atomic mass is 32.2. The number of thioether (sulfide) groups is 1. The Bertz CT molecular complexity index is 778. The van der Waals surface area contributed by atoms with Crippen molar-refractivity contribution in [2.24, 2.45) is 0 Å². The van der Waals surface area contributed by atoms with Gasteiger partial charge < -0.3 is 0 Å². The normalized spacial score (nSPS) is 10.9. The number of hydrogen-bond acceptors (Lipinski definition) is 4. The zero-order valence-corrected chi connectivity index (χ0v) is 13.8. The highest BCUT2D eigenvalue weighted by Gasteiger charge is 2.06. The molecule has 0 atom stereocenters. The standard InChI is InChI=1S/C17H18N4S/c1-12-5-4-6-15(9-12)11-22-17-8-7-16(18-19-17)21-14(3)10-13(2)20-21/h4-10H,11H2,1-3H3. The van der Waals surface area contributed by atoms with Crippen molar-refractivity contribution in [1.82, 2.24) is 20.0 Å². The molecule has 0 N–H and O–H groups in total. The molecule has 0 aliphatic rings. The fourth-order valence-electron chi connectivity index (χ4n) is 2.32. The second-order valence-corrected chi connectivity index (χ2v) is 6.34. The maximum Gasteiger partial charge on any atom is 0.175 e. The fraction of sp³-hybridized carbons (Fsp3) is 0.235. The summed E-state index contributed by atoms with van der Waals surface area (Å²) in [5.41, 5.74) is 4.63. The van der Waals surface area contributed by atoms with Gasteiger partial charge in [0.25, 0.3) is 0 Å². The molecule has 0 amide bonds. The zero-order valence-electron chi connectivity index (χ0n) is 12.9. The van der Waals surface area contributed by atoms with Gasteiger partial charge in [-0.1, -0.05) is 41.6 Å². The highest BCUT2D eigenvalue weighted by molar-refractivity contribution is 7.98. The maximum atomic E-state index is 4.42. The van der Waals surface area contributed by atoms with Crippen LogP contribution in [0.2, 0.25) is 0 Å². The molecule has 3 rings (SSSR count). The fourth-order valence-corrected chi connectivity index (χ4v) is 3.08. The molecular formula is C17H18N4S. The third-order valence-electron chi connectivity index (χ3n) is 3.32. The monoisotopic (exact) mass is 310 g/mol. The van der Waals surface area contributed by atoms with Crippen molar-refractivity contribution in [3.63, 3.8) is 0 Å². The summed E-state index contributed by atoms with van der Waals surface area (Å²) in [6.07, 6.45) is 0. The van der Waals surface area contributed by atoms with E-state index in [4.69, 9.17) is 0 Å². The lowest BCUT2D eigenvalue weighted by molar-refractivity contribution is 0.765. The van der Waals surface area contributed by atoms with Gasteiger partial charge in [0.15, 0.2) is 5.82 Å². The van der Waals surface area contributed by atoms with Gasteiger partial charge in [0.2, 0.25) is 0 Å². The van der Waals surface area contributed by atoms with Crippen molar-refractivity contribution in [1.29, 1.82) is 0 Å². The Kier molecular flexibility index (Phi) is 4.24. The predicted molar refractivity (Wildman–Crippen MR) is 89.4 cm³/mol. The largest absolute Gasteiger partial charge is 0.218 e. The van der Waals surface area contributed by atoms with Crippen molar-refractivity contribution < 1.29 is 0 Å². The lowest BCUT2D eigenvalue weighted by Gasteiger charge is -2.04.